The first-order valence-electron chi connectivity index (χ1n) is 13.3. The highest BCUT2D eigenvalue weighted by Crippen LogP contribution is 2.38. The molecule has 1 atom stereocenters. The number of anilines is 1. The van der Waals surface area contributed by atoms with Gasteiger partial charge in [-0.25, -0.2) is 8.42 Å². The molecule has 0 saturated carbocycles. The average molecular weight is 571 g/mol. The third-order valence-corrected chi connectivity index (χ3v) is 9.47. The summed E-state index contributed by atoms with van der Waals surface area (Å²) in [5.74, 6) is 1.08. The largest absolute Gasteiger partial charge is 0.501 e. The summed E-state index contributed by atoms with van der Waals surface area (Å²) < 4.78 is 33.6. The average Bonchev–Trinajstić information content (AvgIpc) is 2.94. The van der Waals surface area contributed by atoms with E-state index >= 15 is 0 Å². The second-order valence-corrected chi connectivity index (χ2v) is 12.5. The summed E-state index contributed by atoms with van der Waals surface area (Å²) in [5, 5.41) is 0.469. The van der Waals surface area contributed by atoms with Crippen molar-refractivity contribution in [3.8, 4) is 0 Å². The molecule has 2 aliphatic heterocycles. The standard InChI is InChI=1S/C29H35ClN4O4S/c1-32-15-17-33(18-16-32)27-11-12-28(38-2)25-13-14-34(20-26(25)27)29(35)19-21-3-7-23(8-4-21)31-39(36,37)24-9-5-22(30)6-10-24/h3-10,20,27,31H,11-19H2,1-2H3. The van der Waals surface area contributed by atoms with Crippen LogP contribution in [0.5, 0.6) is 0 Å². The number of fused-ring (bicyclic) bond motifs is 1. The molecule has 2 heterocycles. The van der Waals surface area contributed by atoms with Crippen molar-refractivity contribution in [2.45, 2.75) is 36.6 Å². The SMILES string of the molecule is COC1=C2CCN(C(=O)Cc3ccc(NS(=O)(=O)c4ccc(Cl)cc4)cc3)C=C2C(N2CCN(C)CC2)CC1. The van der Waals surface area contributed by atoms with Crippen molar-refractivity contribution < 1.29 is 17.9 Å². The Morgan fingerprint density at radius 2 is 1.69 bits per heavy atom. The summed E-state index contributed by atoms with van der Waals surface area (Å²) >= 11 is 5.87. The van der Waals surface area contributed by atoms with Gasteiger partial charge in [-0.05, 0) is 73.0 Å². The number of amides is 1. The number of methoxy groups -OCH3 is 1. The van der Waals surface area contributed by atoms with E-state index in [2.05, 4.69) is 27.8 Å². The van der Waals surface area contributed by atoms with Crippen LogP contribution in [0.15, 0.2) is 76.5 Å². The van der Waals surface area contributed by atoms with Gasteiger partial charge in [0.25, 0.3) is 10.0 Å². The molecule has 0 radical (unpaired) electrons. The zero-order valence-corrected chi connectivity index (χ0v) is 24.0. The van der Waals surface area contributed by atoms with Crippen molar-refractivity contribution in [2.75, 3.05) is 51.6 Å². The quantitative estimate of drug-likeness (QED) is 0.539. The minimum Gasteiger partial charge on any atom is -0.501 e. The van der Waals surface area contributed by atoms with E-state index in [0.29, 0.717) is 23.3 Å². The molecular formula is C29H35ClN4O4S. The van der Waals surface area contributed by atoms with E-state index in [1.165, 1.54) is 35.4 Å². The fourth-order valence-electron chi connectivity index (χ4n) is 5.58. The number of carbonyl (C=O) groups excluding carboxylic acids is 1. The van der Waals surface area contributed by atoms with E-state index in [1.807, 2.05) is 4.90 Å². The van der Waals surface area contributed by atoms with Crippen LogP contribution in [0.2, 0.25) is 5.02 Å². The lowest BCUT2D eigenvalue weighted by atomic mass is 9.83. The van der Waals surface area contributed by atoms with Gasteiger partial charge in [-0.15, -0.1) is 0 Å². The Bertz CT molecular complexity index is 1370. The smallest absolute Gasteiger partial charge is 0.261 e. The van der Waals surface area contributed by atoms with E-state index in [0.717, 1.165) is 56.8 Å². The lowest BCUT2D eigenvalue weighted by molar-refractivity contribution is -0.128. The van der Waals surface area contributed by atoms with Gasteiger partial charge in [-0.3, -0.25) is 14.4 Å². The summed E-state index contributed by atoms with van der Waals surface area (Å²) in [4.78, 5) is 20.2. The number of piperazine rings is 1. The Hall–Kier alpha value is -2.85. The monoisotopic (exact) mass is 570 g/mol. The summed E-state index contributed by atoms with van der Waals surface area (Å²) in [6.45, 7) is 4.77. The Kier molecular flexibility index (Phi) is 8.32. The second-order valence-electron chi connectivity index (χ2n) is 10.4. The molecule has 3 aliphatic rings. The van der Waals surface area contributed by atoms with Gasteiger partial charge in [0.1, 0.15) is 0 Å². The van der Waals surface area contributed by atoms with Crippen LogP contribution >= 0.6 is 11.6 Å². The van der Waals surface area contributed by atoms with Gasteiger partial charge >= 0.3 is 0 Å². The third kappa shape index (κ3) is 6.32. The number of likely N-dealkylation sites (N-methyl/N-ethyl adjacent to an activating group) is 1. The zero-order chi connectivity index (χ0) is 27.6. The van der Waals surface area contributed by atoms with Gasteiger partial charge in [0.05, 0.1) is 24.2 Å². The first-order valence-corrected chi connectivity index (χ1v) is 15.2. The normalized spacial score (nSPS) is 20.8. The number of sulfonamides is 1. The lowest BCUT2D eigenvalue weighted by Gasteiger charge is -2.43. The van der Waals surface area contributed by atoms with E-state index in [-0.39, 0.29) is 17.2 Å². The summed E-state index contributed by atoms with van der Waals surface area (Å²) in [6, 6.07) is 13.2. The van der Waals surface area contributed by atoms with Gasteiger partial charge in [0.15, 0.2) is 0 Å². The fourth-order valence-corrected chi connectivity index (χ4v) is 6.76. The van der Waals surface area contributed by atoms with Crippen LogP contribution < -0.4 is 4.72 Å². The number of rotatable bonds is 7. The molecule has 1 aliphatic carbocycles. The maximum absolute atomic E-state index is 13.3. The summed E-state index contributed by atoms with van der Waals surface area (Å²) in [5.41, 5.74) is 3.73. The van der Waals surface area contributed by atoms with Crippen LogP contribution in [-0.2, 0) is 26.0 Å². The van der Waals surface area contributed by atoms with Crippen molar-refractivity contribution in [3.63, 3.8) is 0 Å². The minimum atomic E-state index is -3.73. The van der Waals surface area contributed by atoms with Gasteiger partial charge < -0.3 is 14.5 Å². The van der Waals surface area contributed by atoms with Crippen molar-refractivity contribution in [2.24, 2.45) is 0 Å². The number of nitrogens with zero attached hydrogens (tertiary/aromatic N) is 3. The molecule has 2 aromatic carbocycles. The number of halogens is 1. The number of allylic oxidation sites excluding steroid dienone is 1. The Labute approximate surface area is 235 Å². The molecule has 10 heteroatoms. The molecule has 1 saturated heterocycles. The van der Waals surface area contributed by atoms with E-state index < -0.39 is 10.0 Å². The topological polar surface area (TPSA) is 82.2 Å². The fraction of sp³-hybridized carbons (Fsp3) is 0.414. The molecule has 1 amide bonds. The molecule has 0 bridgehead atoms. The van der Waals surface area contributed by atoms with Crippen molar-refractivity contribution in [3.05, 3.63) is 82.2 Å². The van der Waals surface area contributed by atoms with E-state index in [4.69, 9.17) is 16.3 Å². The van der Waals surface area contributed by atoms with Crippen LogP contribution in [-0.4, -0.2) is 81.9 Å². The number of benzene rings is 2. The number of nitrogens with one attached hydrogen (secondary N) is 1. The molecule has 1 N–H and O–H groups in total. The van der Waals surface area contributed by atoms with Gasteiger partial charge in [0.2, 0.25) is 5.91 Å². The highest BCUT2D eigenvalue weighted by atomic mass is 35.5. The maximum Gasteiger partial charge on any atom is 0.261 e. The van der Waals surface area contributed by atoms with E-state index in [1.54, 1.807) is 31.4 Å². The summed E-state index contributed by atoms with van der Waals surface area (Å²) in [7, 11) is 0.172. The molecular weight excluding hydrogens is 536 g/mol. The molecule has 208 valence electrons. The number of hydrogen-bond donors (Lipinski definition) is 1. The van der Waals surface area contributed by atoms with Gasteiger partial charge in [0, 0.05) is 62.1 Å². The molecule has 0 aromatic heterocycles. The highest BCUT2D eigenvalue weighted by Gasteiger charge is 2.35. The predicted molar refractivity (Wildman–Crippen MR) is 153 cm³/mol. The van der Waals surface area contributed by atoms with Crippen molar-refractivity contribution in [1.82, 2.24) is 14.7 Å². The predicted octanol–water partition coefficient (Wildman–Crippen LogP) is 4.11. The first-order chi connectivity index (χ1) is 18.7. The minimum absolute atomic E-state index is 0.0257. The molecule has 8 nitrogen and oxygen atoms in total. The van der Waals surface area contributed by atoms with Gasteiger partial charge in [-0.1, -0.05) is 23.7 Å². The van der Waals surface area contributed by atoms with E-state index in [9.17, 15) is 13.2 Å². The molecule has 2 aromatic rings. The zero-order valence-electron chi connectivity index (χ0n) is 22.4. The second kappa shape index (κ2) is 11.7. The Balaban J connectivity index is 1.27. The van der Waals surface area contributed by atoms with Crippen molar-refractivity contribution >= 4 is 33.2 Å². The molecule has 1 unspecified atom stereocenters. The summed E-state index contributed by atoms with van der Waals surface area (Å²) in [6.07, 6.45) is 5.01. The molecule has 39 heavy (non-hydrogen) atoms. The molecule has 0 spiro atoms. The Morgan fingerprint density at radius 3 is 2.36 bits per heavy atom. The number of hydrogen-bond acceptors (Lipinski definition) is 6. The highest BCUT2D eigenvalue weighted by molar-refractivity contribution is 7.92. The van der Waals surface area contributed by atoms with Gasteiger partial charge in [-0.2, -0.15) is 0 Å². The van der Waals surface area contributed by atoms with Crippen LogP contribution in [0.1, 0.15) is 24.8 Å². The lowest BCUT2D eigenvalue weighted by Crippen LogP contribution is -2.51. The Morgan fingerprint density at radius 1 is 1.00 bits per heavy atom. The van der Waals surface area contributed by atoms with Crippen LogP contribution in [0.3, 0.4) is 0 Å². The van der Waals surface area contributed by atoms with Crippen molar-refractivity contribution in [1.29, 1.82) is 0 Å². The number of ether oxygens (including phenoxy) is 1. The first kappa shape index (κ1) is 27.7. The molecule has 1 fully saturated rings. The third-order valence-electron chi connectivity index (χ3n) is 7.82. The van der Waals surface area contributed by atoms with Crippen LogP contribution in [0, 0.1) is 0 Å². The number of carbonyl (C=O) groups is 1. The van der Waals surface area contributed by atoms with Crippen LogP contribution in [0.25, 0.3) is 0 Å². The van der Waals surface area contributed by atoms with Crippen LogP contribution in [0.4, 0.5) is 5.69 Å². The maximum atomic E-state index is 13.3. The molecule has 5 rings (SSSR count).